The van der Waals surface area contributed by atoms with E-state index in [9.17, 15) is 0 Å². The zero-order chi connectivity index (χ0) is 16.9. The Morgan fingerprint density at radius 1 is 1.12 bits per heavy atom. The van der Waals surface area contributed by atoms with Crippen LogP contribution in [-0.2, 0) is 6.54 Å². The molecule has 5 nitrogen and oxygen atoms in total. The molecule has 2 N–H and O–H groups in total. The van der Waals surface area contributed by atoms with Crippen molar-refractivity contribution in [1.29, 1.82) is 0 Å². The predicted molar refractivity (Wildman–Crippen MR) is 114 cm³/mol. The zero-order valence-corrected chi connectivity index (χ0v) is 17.4. The molecule has 2 heterocycles. The number of aryl methyl sites for hydroxylation is 2. The van der Waals surface area contributed by atoms with Crippen LogP contribution in [0, 0.1) is 13.8 Å². The van der Waals surface area contributed by atoms with Crippen molar-refractivity contribution in [3.8, 4) is 5.69 Å². The smallest absolute Gasteiger partial charge is 0.191 e. The molecule has 0 saturated carbocycles. The van der Waals surface area contributed by atoms with Crippen LogP contribution in [0.3, 0.4) is 0 Å². The van der Waals surface area contributed by atoms with Gasteiger partial charge in [0.15, 0.2) is 5.96 Å². The van der Waals surface area contributed by atoms with Gasteiger partial charge in [-0.3, -0.25) is 0 Å². The highest BCUT2D eigenvalue weighted by molar-refractivity contribution is 14.0. The molecule has 0 atom stereocenters. The number of halogens is 1. The van der Waals surface area contributed by atoms with Crippen LogP contribution >= 0.6 is 24.0 Å². The van der Waals surface area contributed by atoms with Crippen molar-refractivity contribution >= 4 is 29.9 Å². The lowest BCUT2D eigenvalue weighted by Gasteiger charge is -2.21. The van der Waals surface area contributed by atoms with Gasteiger partial charge in [-0.2, -0.15) is 5.10 Å². The number of benzene rings is 1. The number of hydrogen-bond donors (Lipinski definition) is 1. The lowest BCUT2D eigenvalue weighted by molar-refractivity contribution is 0.428. The maximum absolute atomic E-state index is 6.24. The zero-order valence-electron chi connectivity index (χ0n) is 15.1. The summed E-state index contributed by atoms with van der Waals surface area (Å²) in [5.74, 6) is 0.667. The normalized spacial score (nSPS) is 15.6. The van der Waals surface area contributed by atoms with E-state index in [1.165, 1.54) is 25.7 Å². The fourth-order valence-corrected chi connectivity index (χ4v) is 3.29. The maximum Gasteiger partial charge on any atom is 0.191 e. The summed E-state index contributed by atoms with van der Waals surface area (Å²) in [5.41, 5.74) is 10.6. The first-order valence-corrected chi connectivity index (χ1v) is 8.81. The van der Waals surface area contributed by atoms with Gasteiger partial charge in [-0.15, -0.1) is 24.0 Å². The SMILES string of the molecule is Cc1cc(C)n(-c2ccccc2CN=C(N)N2CCCCCC2)n1.I. The molecule has 0 bridgehead atoms. The standard InChI is InChI=1S/C19H27N5.HI/c1-15-13-16(2)24(22-15)18-10-6-5-9-17(18)14-21-19(20)23-11-7-3-4-8-12-23;/h5-6,9-10,13H,3-4,7-8,11-12,14H2,1-2H3,(H2,20,21);1H. The molecular formula is C19H28IN5. The molecule has 6 heteroatoms. The minimum absolute atomic E-state index is 0. The largest absolute Gasteiger partial charge is 0.370 e. The highest BCUT2D eigenvalue weighted by Gasteiger charge is 2.12. The van der Waals surface area contributed by atoms with Crippen LogP contribution in [0.5, 0.6) is 0 Å². The van der Waals surface area contributed by atoms with Crippen LogP contribution in [0.25, 0.3) is 5.69 Å². The molecule has 0 aliphatic carbocycles. The molecule has 1 fully saturated rings. The van der Waals surface area contributed by atoms with Crippen LogP contribution < -0.4 is 5.73 Å². The summed E-state index contributed by atoms with van der Waals surface area (Å²) in [6.45, 7) is 6.72. The molecule has 1 saturated heterocycles. The predicted octanol–water partition coefficient (Wildman–Crippen LogP) is 3.80. The van der Waals surface area contributed by atoms with Crippen LogP contribution in [0.15, 0.2) is 35.3 Å². The number of nitrogens with two attached hydrogens (primary N) is 1. The topological polar surface area (TPSA) is 59.4 Å². The van der Waals surface area contributed by atoms with E-state index in [0.717, 1.165) is 35.7 Å². The molecule has 1 aromatic carbocycles. The van der Waals surface area contributed by atoms with Crippen molar-refractivity contribution in [1.82, 2.24) is 14.7 Å². The number of nitrogens with zero attached hydrogens (tertiary/aromatic N) is 4. The summed E-state index contributed by atoms with van der Waals surface area (Å²) >= 11 is 0. The highest BCUT2D eigenvalue weighted by atomic mass is 127. The average Bonchev–Trinajstić information content (AvgIpc) is 2.79. The van der Waals surface area contributed by atoms with Gasteiger partial charge in [-0.1, -0.05) is 31.0 Å². The van der Waals surface area contributed by atoms with E-state index in [1.807, 2.05) is 23.7 Å². The second-order valence-electron chi connectivity index (χ2n) is 6.54. The summed E-state index contributed by atoms with van der Waals surface area (Å²) in [5, 5.41) is 4.60. The monoisotopic (exact) mass is 453 g/mol. The van der Waals surface area contributed by atoms with E-state index in [4.69, 9.17) is 5.73 Å². The van der Waals surface area contributed by atoms with Gasteiger partial charge < -0.3 is 10.6 Å². The average molecular weight is 453 g/mol. The summed E-state index contributed by atoms with van der Waals surface area (Å²) in [6.07, 6.45) is 5.01. The Hall–Kier alpha value is -1.57. The summed E-state index contributed by atoms with van der Waals surface area (Å²) in [4.78, 5) is 6.88. The van der Waals surface area contributed by atoms with Gasteiger partial charge in [0, 0.05) is 18.8 Å². The van der Waals surface area contributed by atoms with E-state index in [1.54, 1.807) is 0 Å². The Balaban J connectivity index is 0.00000225. The number of hydrogen-bond acceptors (Lipinski definition) is 2. The minimum atomic E-state index is 0. The molecule has 1 aliphatic rings. The van der Waals surface area contributed by atoms with E-state index in [-0.39, 0.29) is 24.0 Å². The third-order valence-corrected chi connectivity index (χ3v) is 4.57. The van der Waals surface area contributed by atoms with Crippen molar-refractivity contribution in [3.63, 3.8) is 0 Å². The summed E-state index contributed by atoms with van der Waals surface area (Å²) < 4.78 is 1.99. The summed E-state index contributed by atoms with van der Waals surface area (Å²) in [7, 11) is 0. The van der Waals surface area contributed by atoms with Crippen LogP contribution in [0.2, 0.25) is 0 Å². The minimum Gasteiger partial charge on any atom is -0.370 e. The first-order valence-electron chi connectivity index (χ1n) is 8.81. The molecule has 0 amide bonds. The van der Waals surface area contributed by atoms with E-state index in [0.29, 0.717) is 12.5 Å². The fraction of sp³-hybridized carbons (Fsp3) is 0.474. The first kappa shape index (κ1) is 19.8. The Kier molecular flexibility index (Phi) is 7.28. The third kappa shape index (κ3) is 4.96. The second-order valence-corrected chi connectivity index (χ2v) is 6.54. The summed E-state index contributed by atoms with van der Waals surface area (Å²) in [6, 6.07) is 10.4. The maximum atomic E-state index is 6.24. The van der Waals surface area contributed by atoms with Crippen molar-refractivity contribution in [2.75, 3.05) is 13.1 Å². The molecule has 136 valence electrons. The Labute approximate surface area is 167 Å². The molecule has 0 radical (unpaired) electrons. The number of rotatable bonds is 3. The van der Waals surface area contributed by atoms with Gasteiger partial charge in [-0.05, 0) is 44.4 Å². The van der Waals surface area contributed by atoms with Gasteiger partial charge in [-0.25, -0.2) is 9.67 Å². The Morgan fingerprint density at radius 2 is 1.80 bits per heavy atom. The van der Waals surface area contributed by atoms with Crippen molar-refractivity contribution in [2.24, 2.45) is 10.7 Å². The quantitative estimate of drug-likeness (QED) is 0.437. The van der Waals surface area contributed by atoms with E-state index in [2.05, 4.69) is 40.1 Å². The van der Waals surface area contributed by atoms with Gasteiger partial charge in [0.25, 0.3) is 0 Å². The van der Waals surface area contributed by atoms with Crippen LogP contribution in [0.4, 0.5) is 0 Å². The lowest BCUT2D eigenvalue weighted by atomic mass is 10.2. The van der Waals surface area contributed by atoms with Gasteiger partial charge in [0.1, 0.15) is 0 Å². The van der Waals surface area contributed by atoms with Gasteiger partial charge in [0.2, 0.25) is 0 Å². The van der Waals surface area contributed by atoms with E-state index >= 15 is 0 Å². The highest BCUT2D eigenvalue weighted by Crippen LogP contribution is 2.18. The Bertz CT molecular complexity index is 714. The number of likely N-dealkylation sites (tertiary alicyclic amines) is 1. The van der Waals surface area contributed by atoms with Gasteiger partial charge in [0.05, 0.1) is 17.9 Å². The third-order valence-electron chi connectivity index (χ3n) is 4.57. The van der Waals surface area contributed by atoms with E-state index < -0.39 is 0 Å². The molecule has 1 aromatic heterocycles. The molecular weight excluding hydrogens is 425 g/mol. The molecule has 3 rings (SSSR count). The number of aromatic nitrogens is 2. The molecule has 0 spiro atoms. The molecule has 25 heavy (non-hydrogen) atoms. The van der Waals surface area contributed by atoms with Crippen LogP contribution in [0.1, 0.15) is 42.6 Å². The van der Waals surface area contributed by atoms with Crippen molar-refractivity contribution in [3.05, 3.63) is 47.3 Å². The number of para-hydroxylation sites is 1. The van der Waals surface area contributed by atoms with Crippen LogP contribution in [-0.4, -0.2) is 33.7 Å². The fourth-order valence-electron chi connectivity index (χ4n) is 3.29. The number of aliphatic imine (C=N–C) groups is 1. The Morgan fingerprint density at radius 3 is 2.44 bits per heavy atom. The molecule has 1 aliphatic heterocycles. The van der Waals surface area contributed by atoms with Crippen molar-refractivity contribution < 1.29 is 0 Å². The second kappa shape index (κ2) is 9.22. The first-order chi connectivity index (χ1) is 11.6. The lowest BCUT2D eigenvalue weighted by Crippen LogP contribution is -2.38. The molecule has 0 unspecified atom stereocenters. The molecule has 2 aromatic rings. The van der Waals surface area contributed by atoms with Crippen molar-refractivity contribution in [2.45, 2.75) is 46.1 Å². The number of guanidine groups is 1. The van der Waals surface area contributed by atoms with Gasteiger partial charge >= 0.3 is 0 Å².